The minimum Gasteiger partial charge on any atom is -0.338 e. The summed E-state index contributed by atoms with van der Waals surface area (Å²) in [5, 5.41) is 9.90. The summed E-state index contributed by atoms with van der Waals surface area (Å²) in [6, 6.07) is 8.54. The maximum absolute atomic E-state index is 12.7. The zero-order chi connectivity index (χ0) is 24.4. The van der Waals surface area contributed by atoms with Crippen LogP contribution in [0.3, 0.4) is 0 Å². The Kier molecular flexibility index (Phi) is 6.86. The predicted molar refractivity (Wildman–Crippen MR) is 108 cm³/mol. The average molecular weight is 493 g/mol. The second-order valence-corrected chi connectivity index (χ2v) is 7.42. The molecule has 0 bridgehead atoms. The van der Waals surface area contributed by atoms with Crippen molar-refractivity contribution >= 4 is 34.8 Å². The average Bonchev–Trinajstić information content (AvgIpc) is 3.09. The number of anilines is 1. The van der Waals surface area contributed by atoms with Crippen molar-refractivity contribution in [1.82, 2.24) is 10.3 Å². The molecule has 0 saturated heterocycles. The van der Waals surface area contributed by atoms with Gasteiger partial charge < -0.3 is 10.6 Å². The Morgan fingerprint density at radius 1 is 1.00 bits per heavy atom. The number of nitrogens with one attached hydrogen (secondary N) is 2. The highest BCUT2D eigenvalue weighted by Crippen LogP contribution is 2.29. The molecular formula is C20H15ClF6N4O2. The molecule has 0 radical (unpaired) electrons. The highest BCUT2D eigenvalue weighted by atomic mass is 35.5. The second-order valence-electron chi connectivity index (χ2n) is 6.99. The highest BCUT2D eigenvalue weighted by molar-refractivity contribution is 6.30. The van der Waals surface area contributed by atoms with Gasteiger partial charge in [0.2, 0.25) is 5.91 Å². The van der Waals surface area contributed by atoms with Gasteiger partial charge in [-0.05, 0) is 36.4 Å². The van der Waals surface area contributed by atoms with Gasteiger partial charge in [0.15, 0.2) is 0 Å². The fraction of sp³-hybridized carbons (Fsp3) is 0.250. The standard InChI is InChI=1S/C20H15ClF6N4O2/c21-13-5-1-11(2-6-13)17-15(29-18(33)20(25,26)27)9-31(30-17)10-16(32)28-14-7-3-12(4-8-14)19(22,23)24/h1-8,15H,9-10H2,(H,28,32)(H,29,33). The van der Waals surface area contributed by atoms with Gasteiger partial charge in [0.05, 0.1) is 23.9 Å². The number of benzene rings is 2. The van der Waals surface area contributed by atoms with Gasteiger partial charge in [-0.2, -0.15) is 31.4 Å². The molecule has 13 heteroatoms. The zero-order valence-electron chi connectivity index (χ0n) is 16.5. The van der Waals surface area contributed by atoms with E-state index in [9.17, 15) is 35.9 Å². The first kappa shape index (κ1) is 24.4. The predicted octanol–water partition coefficient (Wildman–Crippen LogP) is 4.06. The number of hydrogen-bond donors (Lipinski definition) is 2. The Labute approximate surface area is 188 Å². The Balaban J connectivity index is 1.72. The fourth-order valence-electron chi connectivity index (χ4n) is 3.00. The lowest BCUT2D eigenvalue weighted by Gasteiger charge is -2.18. The molecule has 176 valence electrons. The van der Waals surface area contributed by atoms with Crippen LogP contribution in [0.1, 0.15) is 11.1 Å². The van der Waals surface area contributed by atoms with Gasteiger partial charge in [-0.25, -0.2) is 0 Å². The topological polar surface area (TPSA) is 73.8 Å². The van der Waals surface area contributed by atoms with Gasteiger partial charge >= 0.3 is 18.3 Å². The monoisotopic (exact) mass is 492 g/mol. The first-order valence-electron chi connectivity index (χ1n) is 9.27. The number of halogens is 7. The largest absolute Gasteiger partial charge is 0.471 e. The molecule has 1 aliphatic heterocycles. The fourth-order valence-corrected chi connectivity index (χ4v) is 3.13. The van der Waals surface area contributed by atoms with Crippen molar-refractivity contribution in [2.24, 2.45) is 5.10 Å². The van der Waals surface area contributed by atoms with Crippen LogP contribution >= 0.6 is 11.6 Å². The second kappa shape index (κ2) is 9.30. The van der Waals surface area contributed by atoms with Crippen molar-refractivity contribution in [2.75, 3.05) is 18.4 Å². The van der Waals surface area contributed by atoms with E-state index in [1.807, 2.05) is 5.32 Å². The summed E-state index contributed by atoms with van der Waals surface area (Å²) in [4.78, 5) is 23.7. The molecule has 1 atom stereocenters. The van der Waals surface area contributed by atoms with Crippen LogP contribution < -0.4 is 10.6 Å². The third-order valence-corrected chi connectivity index (χ3v) is 4.75. The van der Waals surface area contributed by atoms with E-state index < -0.39 is 42.3 Å². The summed E-state index contributed by atoms with van der Waals surface area (Å²) >= 11 is 5.82. The number of rotatable bonds is 5. The van der Waals surface area contributed by atoms with Crippen molar-refractivity contribution in [2.45, 2.75) is 18.4 Å². The Morgan fingerprint density at radius 3 is 2.15 bits per heavy atom. The van der Waals surface area contributed by atoms with Gasteiger partial charge in [0.25, 0.3) is 0 Å². The molecule has 0 saturated carbocycles. The molecule has 2 amide bonds. The van der Waals surface area contributed by atoms with E-state index in [1.54, 1.807) is 0 Å². The molecule has 0 aliphatic carbocycles. The minimum absolute atomic E-state index is 0.0894. The van der Waals surface area contributed by atoms with Gasteiger partial charge in [-0.1, -0.05) is 23.7 Å². The summed E-state index contributed by atoms with van der Waals surface area (Å²) in [6.07, 6.45) is -9.64. The third-order valence-electron chi connectivity index (χ3n) is 4.50. The molecule has 6 nitrogen and oxygen atoms in total. The lowest BCUT2D eigenvalue weighted by Crippen LogP contribution is -2.48. The first-order valence-corrected chi connectivity index (χ1v) is 9.65. The maximum atomic E-state index is 12.7. The first-order chi connectivity index (χ1) is 15.3. The smallest absolute Gasteiger partial charge is 0.338 e. The van der Waals surface area contributed by atoms with Crippen molar-refractivity contribution in [3.8, 4) is 0 Å². The van der Waals surface area contributed by atoms with Gasteiger partial charge in [0.1, 0.15) is 6.54 Å². The van der Waals surface area contributed by atoms with Crippen molar-refractivity contribution in [3.63, 3.8) is 0 Å². The van der Waals surface area contributed by atoms with Gasteiger partial charge in [-0.15, -0.1) is 0 Å². The number of hydrazone groups is 1. The van der Waals surface area contributed by atoms with Gasteiger partial charge in [0, 0.05) is 16.3 Å². The minimum atomic E-state index is -5.11. The highest BCUT2D eigenvalue weighted by Gasteiger charge is 2.42. The van der Waals surface area contributed by atoms with E-state index in [1.165, 1.54) is 24.3 Å². The molecular weight excluding hydrogens is 478 g/mol. The zero-order valence-corrected chi connectivity index (χ0v) is 17.2. The van der Waals surface area contributed by atoms with Crippen LogP contribution in [0.5, 0.6) is 0 Å². The van der Waals surface area contributed by atoms with Crippen LogP contribution in [0.4, 0.5) is 32.0 Å². The van der Waals surface area contributed by atoms with Crippen molar-refractivity contribution < 1.29 is 35.9 Å². The van der Waals surface area contributed by atoms with Gasteiger partial charge in [-0.3, -0.25) is 14.6 Å². The Morgan fingerprint density at radius 2 is 1.61 bits per heavy atom. The van der Waals surface area contributed by atoms with E-state index in [0.29, 0.717) is 10.6 Å². The Bertz CT molecular complexity index is 1050. The maximum Gasteiger partial charge on any atom is 0.471 e. The molecule has 0 fully saturated rings. The molecule has 0 aromatic heterocycles. The Hall–Kier alpha value is -3.28. The van der Waals surface area contributed by atoms with Crippen LogP contribution in [-0.4, -0.2) is 47.8 Å². The number of hydrogen-bond acceptors (Lipinski definition) is 4. The normalized spacial score (nSPS) is 16.4. The molecule has 33 heavy (non-hydrogen) atoms. The number of carbonyl (C=O) groups excluding carboxylic acids is 2. The number of alkyl halides is 6. The molecule has 1 heterocycles. The van der Waals surface area contributed by atoms with Crippen LogP contribution in [0.15, 0.2) is 53.6 Å². The van der Waals surface area contributed by atoms with E-state index in [2.05, 4.69) is 10.4 Å². The van der Waals surface area contributed by atoms with E-state index >= 15 is 0 Å². The molecule has 1 aliphatic rings. The number of nitrogens with zero attached hydrogens (tertiary/aromatic N) is 2. The summed E-state index contributed by atoms with van der Waals surface area (Å²) in [7, 11) is 0. The lowest BCUT2D eigenvalue weighted by molar-refractivity contribution is -0.173. The van der Waals surface area contributed by atoms with E-state index in [0.717, 1.165) is 29.3 Å². The van der Waals surface area contributed by atoms with E-state index in [4.69, 9.17) is 11.6 Å². The van der Waals surface area contributed by atoms with Crippen LogP contribution in [0, 0.1) is 0 Å². The SMILES string of the molecule is O=C(CN1CC(NC(=O)C(F)(F)F)C(c2ccc(Cl)cc2)=N1)Nc1ccc(C(F)(F)F)cc1. The lowest BCUT2D eigenvalue weighted by atomic mass is 10.0. The van der Waals surface area contributed by atoms with Crippen LogP contribution in [0.25, 0.3) is 0 Å². The molecule has 2 N–H and O–H groups in total. The van der Waals surface area contributed by atoms with Crippen LogP contribution in [-0.2, 0) is 15.8 Å². The third kappa shape index (κ3) is 6.37. The van der Waals surface area contributed by atoms with Crippen molar-refractivity contribution in [3.05, 3.63) is 64.7 Å². The molecule has 0 spiro atoms. The molecule has 2 aromatic carbocycles. The molecule has 3 rings (SSSR count). The van der Waals surface area contributed by atoms with E-state index in [-0.39, 0.29) is 17.9 Å². The number of amides is 2. The molecule has 1 unspecified atom stereocenters. The number of carbonyl (C=O) groups is 2. The van der Waals surface area contributed by atoms with Crippen LogP contribution in [0.2, 0.25) is 5.02 Å². The molecule has 2 aromatic rings. The summed E-state index contributed by atoms with van der Waals surface area (Å²) in [5.74, 6) is -2.83. The van der Waals surface area contributed by atoms with Crippen molar-refractivity contribution in [1.29, 1.82) is 0 Å². The summed E-state index contributed by atoms with van der Waals surface area (Å²) in [5.41, 5.74) is -0.319. The summed E-state index contributed by atoms with van der Waals surface area (Å²) in [6.45, 7) is -0.656. The quantitative estimate of drug-likeness (QED) is 0.618. The summed E-state index contributed by atoms with van der Waals surface area (Å²) < 4.78 is 76.1.